The van der Waals surface area contributed by atoms with E-state index in [4.69, 9.17) is 5.11 Å². The average molecular weight is 255 g/mol. The molecule has 0 aromatic carbocycles. The van der Waals surface area contributed by atoms with E-state index in [1.807, 2.05) is 6.92 Å². The number of rotatable bonds is 4. The lowest BCUT2D eigenvalue weighted by atomic mass is 10.1. The number of aromatic nitrogens is 3. The molecule has 1 aromatic heterocycles. The minimum atomic E-state index is -0.818. The molecule has 0 spiro atoms. The van der Waals surface area contributed by atoms with Gasteiger partial charge in [0, 0.05) is 6.04 Å². The predicted molar refractivity (Wildman–Crippen MR) is 65.2 cm³/mol. The Morgan fingerprint density at radius 3 is 2.88 bits per heavy atom. The monoisotopic (exact) mass is 255 g/mol. The molecule has 0 bridgehead atoms. The number of hydrogen-bond acceptors (Lipinski definition) is 4. The summed E-state index contributed by atoms with van der Waals surface area (Å²) >= 11 is 1.25. The van der Waals surface area contributed by atoms with E-state index in [1.54, 1.807) is 0 Å². The molecule has 1 heterocycles. The highest BCUT2D eigenvalue weighted by atomic mass is 32.2. The first kappa shape index (κ1) is 12.4. The summed E-state index contributed by atoms with van der Waals surface area (Å²) in [7, 11) is 0. The SMILES string of the molecule is Cc1nnc(SCC(=O)O)n1C1CCC(C)C1. The summed E-state index contributed by atoms with van der Waals surface area (Å²) in [5.74, 6) is 0.846. The van der Waals surface area contributed by atoms with E-state index in [-0.39, 0.29) is 5.75 Å². The molecule has 94 valence electrons. The van der Waals surface area contributed by atoms with E-state index < -0.39 is 5.97 Å². The molecule has 1 saturated carbocycles. The Kier molecular flexibility index (Phi) is 3.71. The van der Waals surface area contributed by atoms with Gasteiger partial charge in [-0.2, -0.15) is 0 Å². The van der Waals surface area contributed by atoms with Gasteiger partial charge in [0.1, 0.15) is 5.82 Å². The number of thioether (sulfide) groups is 1. The lowest BCUT2D eigenvalue weighted by Crippen LogP contribution is -2.10. The van der Waals surface area contributed by atoms with Crippen molar-refractivity contribution in [1.29, 1.82) is 0 Å². The maximum Gasteiger partial charge on any atom is 0.313 e. The van der Waals surface area contributed by atoms with E-state index in [0.717, 1.165) is 29.7 Å². The molecule has 1 N–H and O–H groups in total. The van der Waals surface area contributed by atoms with Crippen LogP contribution in [0.25, 0.3) is 0 Å². The van der Waals surface area contributed by atoms with Gasteiger partial charge in [-0.25, -0.2) is 0 Å². The Morgan fingerprint density at radius 2 is 2.29 bits per heavy atom. The molecule has 2 rings (SSSR count). The van der Waals surface area contributed by atoms with Crippen LogP contribution in [0.5, 0.6) is 0 Å². The lowest BCUT2D eigenvalue weighted by molar-refractivity contribution is -0.133. The summed E-state index contributed by atoms with van der Waals surface area (Å²) in [6.45, 7) is 4.19. The van der Waals surface area contributed by atoms with Gasteiger partial charge in [0.05, 0.1) is 5.75 Å². The molecule has 17 heavy (non-hydrogen) atoms. The third kappa shape index (κ3) is 2.80. The highest BCUT2D eigenvalue weighted by molar-refractivity contribution is 7.99. The molecule has 1 aliphatic carbocycles. The molecule has 2 unspecified atom stereocenters. The third-order valence-electron chi connectivity index (χ3n) is 3.19. The Balaban J connectivity index is 2.14. The summed E-state index contributed by atoms with van der Waals surface area (Å²) in [6.07, 6.45) is 3.51. The second kappa shape index (κ2) is 5.08. The first-order valence-electron chi connectivity index (χ1n) is 5.84. The summed E-state index contributed by atoms with van der Waals surface area (Å²) in [5.41, 5.74) is 0. The van der Waals surface area contributed by atoms with Gasteiger partial charge >= 0.3 is 5.97 Å². The first-order valence-corrected chi connectivity index (χ1v) is 6.82. The van der Waals surface area contributed by atoms with Crippen molar-refractivity contribution in [2.75, 3.05) is 5.75 Å². The number of aliphatic carboxylic acids is 1. The standard InChI is InChI=1S/C11H17N3O2S/c1-7-3-4-9(5-7)14-8(2)12-13-11(14)17-6-10(15)16/h7,9H,3-6H2,1-2H3,(H,15,16). The first-order chi connectivity index (χ1) is 8.08. The number of nitrogens with zero attached hydrogens (tertiary/aromatic N) is 3. The van der Waals surface area contributed by atoms with Crippen LogP contribution in [0, 0.1) is 12.8 Å². The van der Waals surface area contributed by atoms with E-state index in [1.165, 1.54) is 18.2 Å². The van der Waals surface area contributed by atoms with E-state index in [2.05, 4.69) is 21.7 Å². The topological polar surface area (TPSA) is 68.0 Å². The summed E-state index contributed by atoms with van der Waals surface area (Å²) in [4.78, 5) is 10.6. The van der Waals surface area contributed by atoms with Gasteiger partial charge in [-0.3, -0.25) is 4.79 Å². The maximum absolute atomic E-state index is 10.6. The van der Waals surface area contributed by atoms with Crippen LogP contribution < -0.4 is 0 Å². The summed E-state index contributed by atoms with van der Waals surface area (Å²) < 4.78 is 2.11. The van der Waals surface area contributed by atoms with Gasteiger partial charge in [0.15, 0.2) is 5.16 Å². The Labute approximate surface area is 105 Å². The van der Waals surface area contributed by atoms with Crippen molar-refractivity contribution in [3.05, 3.63) is 5.82 Å². The van der Waals surface area contributed by atoms with Gasteiger partial charge in [-0.1, -0.05) is 18.7 Å². The normalized spacial score (nSPS) is 24.1. The van der Waals surface area contributed by atoms with Crippen molar-refractivity contribution in [1.82, 2.24) is 14.8 Å². The maximum atomic E-state index is 10.6. The van der Waals surface area contributed by atoms with Crippen LogP contribution in [0.4, 0.5) is 0 Å². The van der Waals surface area contributed by atoms with Crippen LogP contribution in [0.2, 0.25) is 0 Å². The molecular weight excluding hydrogens is 238 g/mol. The largest absolute Gasteiger partial charge is 0.481 e. The number of carbonyl (C=O) groups is 1. The zero-order valence-corrected chi connectivity index (χ0v) is 10.9. The van der Waals surface area contributed by atoms with Crippen molar-refractivity contribution < 1.29 is 9.90 Å². The van der Waals surface area contributed by atoms with Crippen LogP contribution in [-0.4, -0.2) is 31.6 Å². The number of aryl methyl sites for hydroxylation is 1. The molecule has 1 fully saturated rings. The number of carboxylic acid groups (broad SMARTS) is 1. The molecule has 0 radical (unpaired) electrons. The molecule has 0 saturated heterocycles. The molecule has 6 heteroatoms. The fraction of sp³-hybridized carbons (Fsp3) is 0.727. The summed E-state index contributed by atoms with van der Waals surface area (Å²) in [6, 6.07) is 0.441. The minimum absolute atomic E-state index is 0.0421. The molecule has 0 amide bonds. The van der Waals surface area contributed by atoms with Crippen LogP contribution >= 0.6 is 11.8 Å². The molecule has 2 atom stereocenters. The van der Waals surface area contributed by atoms with Crippen LogP contribution in [0.15, 0.2) is 5.16 Å². The zero-order valence-electron chi connectivity index (χ0n) is 10.1. The Morgan fingerprint density at radius 1 is 1.53 bits per heavy atom. The molecule has 0 aliphatic heterocycles. The second-order valence-corrected chi connectivity index (χ2v) is 5.60. The highest BCUT2D eigenvalue weighted by Crippen LogP contribution is 2.36. The van der Waals surface area contributed by atoms with Crippen LogP contribution in [0.3, 0.4) is 0 Å². The van der Waals surface area contributed by atoms with Gasteiger partial charge < -0.3 is 9.67 Å². The van der Waals surface area contributed by atoms with Crippen molar-refractivity contribution in [2.24, 2.45) is 5.92 Å². The van der Waals surface area contributed by atoms with Gasteiger partial charge in [-0.15, -0.1) is 10.2 Å². The highest BCUT2D eigenvalue weighted by Gasteiger charge is 2.26. The molecule has 1 aliphatic rings. The van der Waals surface area contributed by atoms with E-state index in [0.29, 0.717) is 6.04 Å². The fourth-order valence-electron chi connectivity index (χ4n) is 2.41. The Bertz CT molecular complexity index is 419. The zero-order chi connectivity index (χ0) is 12.4. The molecule has 1 aromatic rings. The van der Waals surface area contributed by atoms with Crippen molar-refractivity contribution in [3.8, 4) is 0 Å². The lowest BCUT2D eigenvalue weighted by Gasteiger charge is -2.15. The number of carboxylic acids is 1. The minimum Gasteiger partial charge on any atom is -0.481 e. The van der Waals surface area contributed by atoms with Gasteiger partial charge in [0.2, 0.25) is 0 Å². The van der Waals surface area contributed by atoms with Crippen molar-refractivity contribution >= 4 is 17.7 Å². The second-order valence-electron chi connectivity index (χ2n) is 4.65. The predicted octanol–water partition coefficient (Wildman–Crippen LogP) is 2.12. The van der Waals surface area contributed by atoms with Crippen molar-refractivity contribution in [2.45, 2.75) is 44.3 Å². The van der Waals surface area contributed by atoms with E-state index in [9.17, 15) is 4.79 Å². The summed E-state index contributed by atoms with van der Waals surface area (Å²) in [5, 5.41) is 17.6. The van der Waals surface area contributed by atoms with Gasteiger partial charge in [-0.05, 0) is 32.1 Å². The third-order valence-corrected chi connectivity index (χ3v) is 4.12. The van der Waals surface area contributed by atoms with Crippen LogP contribution in [0.1, 0.15) is 38.1 Å². The molecular formula is C11H17N3O2S. The smallest absolute Gasteiger partial charge is 0.313 e. The molecule has 5 nitrogen and oxygen atoms in total. The van der Waals surface area contributed by atoms with Crippen LogP contribution in [-0.2, 0) is 4.79 Å². The van der Waals surface area contributed by atoms with Crippen molar-refractivity contribution in [3.63, 3.8) is 0 Å². The Hall–Kier alpha value is -1.04. The van der Waals surface area contributed by atoms with Gasteiger partial charge in [0.25, 0.3) is 0 Å². The van der Waals surface area contributed by atoms with E-state index >= 15 is 0 Å². The average Bonchev–Trinajstić information content (AvgIpc) is 2.82. The number of hydrogen-bond donors (Lipinski definition) is 1. The fourth-order valence-corrected chi connectivity index (χ4v) is 3.18. The quantitative estimate of drug-likeness (QED) is 0.835.